The number of hydrogen-bond donors (Lipinski definition) is 2. The molecule has 0 aliphatic heterocycles. The van der Waals surface area contributed by atoms with Gasteiger partial charge in [0.2, 0.25) is 0 Å². The van der Waals surface area contributed by atoms with Gasteiger partial charge in [0.25, 0.3) is 5.91 Å². The van der Waals surface area contributed by atoms with Crippen LogP contribution >= 0.6 is 0 Å². The molecular formula is C12H20N4O4. The van der Waals surface area contributed by atoms with Crippen LogP contribution in [0.3, 0.4) is 0 Å². The van der Waals surface area contributed by atoms with Crippen molar-refractivity contribution in [1.82, 2.24) is 20.3 Å². The highest BCUT2D eigenvalue weighted by molar-refractivity contribution is 5.92. The number of carbonyl (C=O) groups excluding carboxylic acids is 1. The predicted molar refractivity (Wildman–Crippen MR) is 70.2 cm³/mol. The molecule has 1 amide bonds. The molecular weight excluding hydrogens is 264 g/mol. The van der Waals surface area contributed by atoms with Gasteiger partial charge in [-0.25, -0.2) is 4.68 Å². The van der Waals surface area contributed by atoms with Gasteiger partial charge in [0.05, 0.1) is 18.8 Å². The molecule has 8 nitrogen and oxygen atoms in total. The number of carbonyl (C=O) groups is 2. The largest absolute Gasteiger partial charge is 0.480 e. The zero-order valence-electron chi connectivity index (χ0n) is 11.9. The van der Waals surface area contributed by atoms with E-state index in [0.717, 1.165) is 4.68 Å². The maximum absolute atomic E-state index is 12.0. The number of ether oxygens (including phenoxy) is 1. The van der Waals surface area contributed by atoms with Crippen LogP contribution in [0, 0.1) is 5.92 Å². The topological polar surface area (TPSA) is 106 Å². The molecule has 1 atom stereocenters. The number of nitrogens with zero attached hydrogens (tertiary/aromatic N) is 3. The van der Waals surface area contributed by atoms with Gasteiger partial charge in [0.1, 0.15) is 6.54 Å². The molecule has 112 valence electrons. The minimum atomic E-state index is -1.04. The van der Waals surface area contributed by atoms with E-state index < -0.39 is 5.97 Å². The molecule has 0 fully saturated rings. The SMILES string of the molecule is CCOCC(NC(=O)c1cn(CC(=O)O)nn1)C(C)C. The molecule has 0 saturated carbocycles. The number of amides is 1. The lowest BCUT2D eigenvalue weighted by Gasteiger charge is -2.21. The van der Waals surface area contributed by atoms with Crippen molar-refractivity contribution in [3.05, 3.63) is 11.9 Å². The van der Waals surface area contributed by atoms with Gasteiger partial charge in [-0.05, 0) is 12.8 Å². The second-order valence-corrected chi connectivity index (χ2v) is 4.68. The zero-order chi connectivity index (χ0) is 15.1. The Morgan fingerprint density at radius 3 is 2.75 bits per heavy atom. The minimum absolute atomic E-state index is 0.0911. The molecule has 0 saturated heterocycles. The second-order valence-electron chi connectivity index (χ2n) is 4.68. The molecule has 2 N–H and O–H groups in total. The summed E-state index contributed by atoms with van der Waals surface area (Å²) < 4.78 is 6.42. The van der Waals surface area contributed by atoms with Crippen molar-refractivity contribution in [1.29, 1.82) is 0 Å². The molecule has 20 heavy (non-hydrogen) atoms. The van der Waals surface area contributed by atoms with E-state index in [0.29, 0.717) is 13.2 Å². The van der Waals surface area contributed by atoms with E-state index in [4.69, 9.17) is 9.84 Å². The van der Waals surface area contributed by atoms with Crippen LogP contribution in [0.5, 0.6) is 0 Å². The number of nitrogens with one attached hydrogen (secondary N) is 1. The lowest BCUT2D eigenvalue weighted by molar-refractivity contribution is -0.137. The van der Waals surface area contributed by atoms with E-state index in [9.17, 15) is 9.59 Å². The number of rotatable bonds is 8. The summed E-state index contributed by atoms with van der Waals surface area (Å²) in [6.45, 7) is 6.51. The highest BCUT2D eigenvalue weighted by Gasteiger charge is 2.19. The molecule has 1 heterocycles. The summed E-state index contributed by atoms with van der Waals surface area (Å²) in [6.07, 6.45) is 1.31. The molecule has 1 unspecified atom stereocenters. The molecule has 0 bridgehead atoms. The van der Waals surface area contributed by atoms with E-state index >= 15 is 0 Å². The lowest BCUT2D eigenvalue weighted by Crippen LogP contribution is -2.42. The Hall–Kier alpha value is -1.96. The van der Waals surface area contributed by atoms with E-state index in [1.165, 1.54) is 6.20 Å². The van der Waals surface area contributed by atoms with Crippen molar-refractivity contribution >= 4 is 11.9 Å². The van der Waals surface area contributed by atoms with Gasteiger partial charge in [0, 0.05) is 6.61 Å². The average molecular weight is 284 g/mol. The molecule has 8 heteroatoms. The van der Waals surface area contributed by atoms with Crippen LogP contribution < -0.4 is 5.32 Å². The summed E-state index contributed by atoms with van der Waals surface area (Å²) in [5.74, 6) is -1.22. The Balaban J connectivity index is 2.63. The minimum Gasteiger partial charge on any atom is -0.480 e. The zero-order valence-corrected chi connectivity index (χ0v) is 11.9. The highest BCUT2D eigenvalue weighted by Crippen LogP contribution is 2.04. The Morgan fingerprint density at radius 1 is 1.50 bits per heavy atom. The third-order valence-electron chi connectivity index (χ3n) is 2.69. The number of aromatic nitrogens is 3. The van der Waals surface area contributed by atoms with Crippen LogP contribution in [0.1, 0.15) is 31.3 Å². The molecule has 1 aromatic rings. The Kier molecular flexibility index (Phi) is 6.10. The van der Waals surface area contributed by atoms with Crippen LogP contribution in [-0.4, -0.2) is 51.2 Å². The molecule has 0 aliphatic carbocycles. The maximum Gasteiger partial charge on any atom is 0.325 e. The van der Waals surface area contributed by atoms with Gasteiger partial charge in [0.15, 0.2) is 5.69 Å². The van der Waals surface area contributed by atoms with Gasteiger partial charge in [-0.15, -0.1) is 5.10 Å². The quantitative estimate of drug-likeness (QED) is 0.704. The maximum atomic E-state index is 12.0. The summed E-state index contributed by atoms with van der Waals surface area (Å²) in [4.78, 5) is 22.5. The van der Waals surface area contributed by atoms with Crippen molar-refractivity contribution < 1.29 is 19.4 Å². The van der Waals surface area contributed by atoms with Crippen LogP contribution in [0.25, 0.3) is 0 Å². The molecule has 0 spiro atoms. The monoisotopic (exact) mass is 284 g/mol. The summed E-state index contributed by atoms with van der Waals surface area (Å²) in [7, 11) is 0. The van der Waals surface area contributed by atoms with E-state index in [2.05, 4.69) is 15.6 Å². The van der Waals surface area contributed by atoms with Gasteiger partial charge in [-0.3, -0.25) is 9.59 Å². The van der Waals surface area contributed by atoms with Crippen molar-refractivity contribution in [2.24, 2.45) is 5.92 Å². The van der Waals surface area contributed by atoms with Crippen LogP contribution in [0.15, 0.2) is 6.20 Å². The number of carboxylic acids is 1. The predicted octanol–water partition coefficient (Wildman–Crippen LogP) is 0.154. The third-order valence-corrected chi connectivity index (χ3v) is 2.69. The second kappa shape index (κ2) is 7.59. The molecule has 1 rings (SSSR count). The van der Waals surface area contributed by atoms with E-state index in [1.54, 1.807) is 0 Å². The summed E-state index contributed by atoms with van der Waals surface area (Å²) in [6, 6.07) is -0.132. The Bertz CT molecular complexity index is 458. The third kappa shape index (κ3) is 4.96. The molecule has 0 aliphatic rings. The molecule has 0 radical (unpaired) electrons. The smallest absolute Gasteiger partial charge is 0.325 e. The standard InChI is InChI=1S/C12H20N4O4/c1-4-20-7-10(8(2)3)13-12(19)9-5-16(15-14-9)6-11(17)18/h5,8,10H,4,6-7H2,1-3H3,(H,13,19)(H,17,18). The van der Waals surface area contributed by atoms with Crippen molar-refractivity contribution in [2.45, 2.75) is 33.4 Å². The first-order valence-electron chi connectivity index (χ1n) is 6.44. The average Bonchev–Trinajstić information content (AvgIpc) is 2.81. The summed E-state index contributed by atoms with van der Waals surface area (Å²) in [5, 5.41) is 18.7. The van der Waals surface area contributed by atoms with Crippen LogP contribution in [0.2, 0.25) is 0 Å². The lowest BCUT2D eigenvalue weighted by atomic mass is 10.1. The first-order valence-corrected chi connectivity index (χ1v) is 6.44. The van der Waals surface area contributed by atoms with Gasteiger partial charge >= 0.3 is 5.97 Å². The van der Waals surface area contributed by atoms with Crippen LogP contribution in [0.4, 0.5) is 0 Å². The summed E-state index contributed by atoms with van der Waals surface area (Å²) >= 11 is 0. The fourth-order valence-electron chi connectivity index (χ4n) is 1.51. The number of aliphatic carboxylic acids is 1. The highest BCUT2D eigenvalue weighted by atomic mass is 16.5. The van der Waals surface area contributed by atoms with Crippen LogP contribution in [-0.2, 0) is 16.1 Å². The fourth-order valence-corrected chi connectivity index (χ4v) is 1.51. The Morgan fingerprint density at radius 2 is 2.20 bits per heavy atom. The van der Waals surface area contributed by atoms with E-state index in [1.807, 2.05) is 20.8 Å². The van der Waals surface area contributed by atoms with E-state index in [-0.39, 0.29) is 30.1 Å². The normalized spacial score (nSPS) is 12.4. The van der Waals surface area contributed by atoms with Crippen molar-refractivity contribution in [3.8, 4) is 0 Å². The first-order chi connectivity index (χ1) is 9.43. The van der Waals surface area contributed by atoms with Gasteiger partial charge in [-0.2, -0.15) is 0 Å². The van der Waals surface area contributed by atoms with Crippen molar-refractivity contribution in [2.75, 3.05) is 13.2 Å². The Labute approximate surface area is 117 Å². The number of hydrogen-bond acceptors (Lipinski definition) is 5. The fraction of sp³-hybridized carbons (Fsp3) is 0.667. The van der Waals surface area contributed by atoms with Crippen molar-refractivity contribution in [3.63, 3.8) is 0 Å². The van der Waals surface area contributed by atoms with Gasteiger partial charge in [-0.1, -0.05) is 19.1 Å². The first kappa shape index (κ1) is 16.1. The molecule has 0 aromatic carbocycles. The molecule has 1 aromatic heterocycles. The number of carboxylic acid groups (broad SMARTS) is 1. The summed E-state index contributed by atoms with van der Waals surface area (Å²) in [5.41, 5.74) is 0.0911. The van der Waals surface area contributed by atoms with Gasteiger partial charge < -0.3 is 15.2 Å².